The molecule has 0 bridgehead atoms. The summed E-state index contributed by atoms with van der Waals surface area (Å²) in [7, 11) is 0. The summed E-state index contributed by atoms with van der Waals surface area (Å²) in [5, 5.41) is 23.0. The number of aliphatic hydroxyl groups is 2. The number of rotatable bonds is 39. The smallest absolute Gasteiger partial charge is 0.220 e. The van der Waals surface area contributed by atoms with E-state index < -0.39 is 12.1 Å². The maximum atomic E-state index is 12.4. The number of hydrogen-bond acceptors (Lipinski definition) is 3. The highest BCUT2D eigenvalue weighted by atomic mass is 16.3. The molecule has 0 spiro atoms. The lowest BCUT2D eigenvalue weighted by atomic mass is 10.0. The van der Waals surface area contributed by atoms with E-state index >= 15 is 0 Å². The molecule has 0 radical (unpaired) electrons. The Morgan fingerprint density at radius 3 is 1.11 bits per heavy atom. The Balaban J connectivity index is 3.50. The zero-order valence-electron chi connectivity index (χ0n) is 32.1. The van der Waals surface area contributed by atoms with Gasteiger partial charge in [-0.1, -0.05) is 225 Å². The van der Waals surface area contributed by atoms with E-state index in [0.717, 1.165) is 25.7 Å². The molecule has 0 aliphatic rings. The number of carbonyl (C=O) groups is 1. The van der Waals surface area contributed by atoms with Crippen LogP contribution in [0.5, 0.6) is 0 Å². The minimum atomic E-state index is -0.832. The van der Waals surface area contributed by atoms with Gasteiger partial charge in [0.15, 0.2) is 0 Å². The van der Waals surface area contributed by atoms with Gasteiger partial charge in [0.25, 0.3) is 0 Å². The van der Waals surface area contributed by atoms with Gasteiger partial charge in [-0.05, 0) is 19.3 Å². The number of allylic oxidation sites excluding steroid dienone is 1. The molecule has 0 aliphatic carbocycles. The standard InChI is InChI=1S/C43H85NO3/c1-3-5-7-9-11-13-15-17-18-19-20-21-22-23-24-25-27-29-31-33-35-37-39-43(47)44-41(40-45)42(46)38-36-34-32-30-28-26-16-14-12-10-8-6-4-2/h36,38,41-42,45-46H,3-35,37,39-40H2,1-2H3,(H,44,47)/b38-36+. The molecule has 0 fully saturated rings. The lowest BCUT2D eigenvalue weighted by Crippen LogP contribution is -2.45. The predicted octanol–water partition coefficient (Wildman–Crippen LogP) is 13.1. The summed E-state index contributed by atoms with van der Waals surface area (Å²) in [5.41, 5.74) is 0. The molecule has 0 aromatic rings. The summed E-state index contributed by atoms with van der Waals surface area (Å²) in [6, 6.07) is -0.615. The Labute approximate surface area is 295 Å². The average molecular weight is 664 g/mol. The molecular weight excluding hydrogens is 578 g/mol. The summed E-state index contributed by atoms with van der Waals surface area (Å²) in [6.45, 7) is 4.32. The number of aliphatic hydroxyl groups excluding tert-OH is 2. The van der Waals surface area contributed by atoms with Crippen molar-refractivity contribution in [2.45, 2.75) is 251 Å². The molecule has 4 heteroatoms. The largest absolute Gasteiger partial charge is 0.394 e. The molecule has 2 unspecified atom stereocenters. The van der Waals surface area contributed by atoms with Gasteiger partial charge < -0.3 is 15.5 Å². The average Bonchev–Trinajstić information content (AvgIpc) is 3.07. The normalized spacial score (nSPS) is 13.0. The van der Waals surface area contributed by atoms with Crippen molar-refractivity contribution in [3.8, 4) is 0 Å². The summed E-state index contributed by atoms with van der Waals surface area (Å²) in [6.07, 6.45) is 48.9. The molecule has 0 aliphatic heterocycles. The van der Waals surface area contributed by atoms with Crippen LogP contribution in [0.15, 0.2) is 12.2 Å². The van der Waals surface area contributed by atoms with Crippen molar-refractivity contribution >= 4 is 5.91 Å². The van der Waals surface area contributed by atoms with Crippen LogP contribution >= 0.6 is 0 Å². The van der Waals surface area contributed by atoms with Crippen LogP contribution in [-0.2, 0) is 4.79 Å². The molecule has 0 aromatic carbocycles. The Morgan fingerprint density at radius 2 is 0.787 bits per heavy atom. The second kappa shape index (κ2) is 39.6. The van der Waals surface area contributed by atoms with Gasteiger partial charge in [0.2, 0.25) is 5.91 Å². The molecule has 0 saturated carbocycles. The first-order valence-corrected chi connectivity index (χ1v) is 21.4. The summed E-state index contributed by atoms with van der Waals surface area (Å²) in [5.74, 6) is -0.0602. The zero-order chi connectivity index (χ0) is 34.3. The van der Waals surface area contributed by atoms with E-state index in [1.54, 1.807) is 6.08 Å². The van der Waals surface area contributed by atoms with E-state index in [2.05, 4.69) is 19.2 Å². The second-order valence-electron chi connectivity index (χ2n) is 14.8. The van der Waals surface area contributed by atoms with Gasteiger partial charge in [-0.15, -0.1) is 0 Å². The van der Waals surface area contributed by atoms with E-state index in [1.165, 1.54) is 193 Å². The third kappa shape index (κ3) is 36.2. The van der Waals surface area contributed by atoms with Gasteiger partial charge >= 0.3 is 0 Å². The maximum Gasteiger partial charge on any atom is 0.220 e. The maximum absolute atomic E-state index is 12.4. The first kappa shape index (κ1) is 46.1. The fraction of sp³-hybridized carbons (Fsp3) is 0.930. The van der Waals surface area contributed by atoms with Gasteiger partial charge in [0, 0.05) is 6.42 Å². The molecule has 1 amide bonds. The molecule has 0 rings (SSSR count). The van der Waals surface area contributed by atoms with Crippen molar-refractivity contribution in [1.29, 1.82) is 0 Å². The van der Waals surface area contributed by atoms with Gasteiger partial charge in [0.05, 0.1) is 18.8 Å². The predicted molar refractivity (Wildman–Crippen MR) is 207 cm³/mol. The van der Waals surface area contributed by atoms with Crippen molar-refractivity contribution in [2.75, 3.05) is 6.61 Å². The van der Waals surface area contributed by atoms with Crippen LogP contribution in [0.25, 0.3) is 0 Å². The summed E-state index contributed by atoms with van der Waals surface area (Å²) >= 11 is 0. The highest BCUT2D eigenvalue weighted by Crippen LogP contribution is 2.16. The minimum absolute atomic E-state index is 0.0602. The van der Waals surface area contributed by atoms with Crippen LogP contribution in [-0.4, -0.2) is 34.9 Å². The number of unbranched alkanes of at least 4 members (excludes halogenated alkanes) is 32. The van der Waals surface area contributed by atoms with Crippen LogP contribution < -0.4 is 5.32 Å². The third-order valence-corrected chi connectivity index (χ3v) is 10.0. The first-order valence-electron chi connectivity index (χ1n) is 21.4. The van der Waals surface area contributed by atoms with Crippen molar-refractivity contribution in [2.24, 2.45) is 0 Å². The van der Waals surface area contributed by atoms with Crippen molar-refractivity contribution in [1.82, 2.24) is 5.32 Å². The van der Waals surface area contributed by atoms with E-state index in [4.69, 9.17) is 0 Å². The zero-order valence-corrected chi connectivity index (χ0v) is 32.1. The Bertz CT molecular complexity index is 637. The molecule has 47 heavy (non-hydrogen) atoms. The number of amides is 1. The van der Waals surface area contributed by atoms with Crippen LogP contribution in [0.3, 0.4) is 0 Å². The summed E-state index contributed by atoms with van der Waals surface area (Å²) in [4.78, 5) is 12.4. The number of nitrogens with one attached hydrogen (secondary N) is 1. The Kier molecular flexibility index (Phi) is 38.8. The van der Waals surface area contributed by atoms with Crippen LogP contribution in [0.2, 0.25) is 0 Å². The molecule has 0 heterocycles. The van der Waals surface area contributed by atoms with Gasteiger partial charge in [0.1, 0.15) is 0 Å². The fourth-order valence-corrected chi connectivity index (χ4v) is 6.71. The van der Waals surface area contributed by atoms with Crippen LogP contribution in [0, 0.1) is 0 Å². The molecular formula is C43H85NO3. The molecule has 4 nitrogen and oxygen atoms in total. The van der Waals surface area contributed by atoms with Crippen LogP contribution in [0.1, 0.15) is 239 Å². The first-order chi connectivity index (χ1) is 23.2. The lowest BCUT2D eigenvalue weighted by molar-refractivity contribution is -0.123. The molecule has 3 N–H and O–H groups in total. The van der Waals surface area contributed by atoms with Gasteiger partial charge in [-0.2, -0.15) is 0 Å². The monoisotopic (exact) mass is 664 g/mol. The number of carbonyl (C=O) groups excluding carboxylic acids is 1. The Morgan fingerprint density at radius 1 is 0.489 bits per heavy atom. The quantitative estimate of drug-likeness (QED) is 0.0453. The minimum Gasteiger partial charge on any atom is -0.394 e. The van der Waals surface area contributed by atoms with E-state index in [9.17, 15) is 15.0 Å². The highest BCUT2D eigenvalue weighted by Gasteiger charge is 2.17. The van der Waals surface area contributed by atoms with Crippen molar-refractivity contribution in [3.63, 3.8) is 0 Å². The van der Waals surface area contributed by atoms with Crippen molar-refractivity contribution < 1.29 is 15.0 Å². The second-order valence-corrected chi connectivity index (χ2v) is 14.8. The fourth-order valence-electron chi connectivity index (χ4n) is 6.71. The topological polar surface area (TPSA) is 69.6 Å². The molecule has 2 atom stereocenters. The third-order valence-electron chi connectivity index (χ3n) is 10.0. The van der Waals surface area contributed by atoms with Gasteiger partial charge in [-0.25, -0.2) is 0 Å². The Hall–Kier alpha value is -0.870. The van der Waals surface area contributed by atoms with Crippen LogP contribution in [0.4, 0.5) is 0 Å². The number of hydrogen-bond donors (Lipinski definition) is 3. The van der Waals surface area contributed by atoms with E-state index in [1.807, 2.05) is 6.08 Å². The van der Waals surface area contributed by atoms with E-state index in [0.29, 0.717) is 6.42 Å². The summed E-state index contributed by atoms with van der Waals surface area (Å²) < 4.78 is 0. The van der Waals surface area contributed by atoms with Gasteiger partial charge in [-0.3, -0.25) is 4.79 Å². The SMILES string of the molecule is CCCCCCCCCCCCC/C=C/C(O)C(CO)NC(=O)CCCCCCCCCCCCCCCCCCCCCCCC. The van der Waals surface area contributed by atoms with E-state index in [-0.39, 0.29) is 12.5 Å². The highest BCUT2D eigenvalue weighted by molar-refractivity contribution is 5.76. The lowest BCUT2D eigenvalue weighted by Gasteiger charge is -2.20. The molecule has 0 saturated heterocycles. The van der Waals surface area contributed by atoms with Crippen molar-refractivity contribution in [3.05, 3.63) is 12.2 Å². The molecule has 280 valence electrons. The molecule has 0 aromatic heterocycles.